The average Bonchev–Trinajstić information content (AvgIpc) is 2.80. The quantitative estimate of drug-likeness (QED) is 0.851. The van der Waals surface area contributed by atoms with Crippen LogP contribution in [0.4, 0.5) is 5.69 Å². The summed E-state index contributed by atoms with van der Waals surface area (Å²) in [4.78, 5) is 11.6. The Morgan fingerprint density at radius 3 is 3.05 bits per heavy atom. The first kappa shape index (κ1) is 13.6. The van der Waals surface area contributed by atoms with Gasteiger partial charge in [-0.05, 0) is 24.6 Å². The van der Waals surface area contributed by atoms with E-state index in [9.17, 15) is 4.79 Å². The zero-order valence-electron chi connectivity index (χ0n) is 11.0. The number of ether oxygens (including phenoxy) is 1. The minimum absolute atomic E-state index is 0.114. The number of nitriles is 1. The largest absolute Gasteiger partial charge is 0.461 e. The van der Waals surface area contributed by atoms with Crippen LogP contribution in [0, 0.1) is 11.3 Å². The third-order valence-corrected chi connectivity index (χ3v) is 2.66. The summed E-state index contributed by atoms with van der Waals surface area (Å²) in [6.07, 6.45) is 1.57. The van der Waals surface area contributed by atoms with Crippen LogP contribution in [0.1, 0.15) is 28.5 Å². The molecule has 0 saturated heterocycles. The van der Waals surface area contributed by atoms with Crippen molar-refractivity contribution in [2.75, 3.05) is 12.3 Å². The minimum atomic E-state index is -0.533. The Kier molecular flexibility index (Phi) is 4.01. The number of nitrogens with zero attached hydrogens (tertiary/aromatic N) is 3. The molecule has 0 aliphatic carbocycles. The number of hydrogen-bond acceptors (Lipinski definition) is 5. The number of nitrogen functional groups attached to an aromatic ring is 1. The van der Waals surface area contributed by atoms with E-state index in [0.29, 0.717) is 12.1 Å². The van der Waals surface area contributed by atoms with Gasteiger partial charge in [-0.2, -0.15) is 10.4 Å². The van der Waals surface area contributed by atoms with Crippen molar-refractivity contribution in [1.29, 1.82) is 5.26 Å². The molecule has 0 fully saturated rings. The molecule has 20 heavy (non-hydrogen) atoms. The molecule has 0 saturated carbocycles. The number of rotatable bonds is 4. The van der Waals surface area contributed by atoms with Gasteiger partial charge in [0.05, 0.1) is 30.5 Å². The molecule has 1 aromatic heterocycles. The van der Waals surface area contributed by atoms with Gasteiger partial charge in [0, 0.05) is 6.20 Å². The number of nitrogens with two attached hydrogens (primary N) is 1. The van der Waals surface area contributed by atoms with E-state index in [1.165, 1.54) is 0 Å². The molecule has 1 heterocycles. The predicted octanol–water partition coefficient (Wildman–Crippen LogP) is 1.56. The molecule has 2 aromatic rings. The summed E-state index contributed by atoms with van der Waals surface area (Å²) < 4.78 is 6.42. The van der Waals surface area contributed by atoms with E-state index >= 15 is 0 Å². The Morgan fingerprint density at radius 1 is 1.55 bits per heavy atom. The lowest BCUT2D eigenvalue weighted by Crippen LogP contribution is -2.09. The van der Waals surface area contributed by atoms with Crippen LogP contribution in [0.15, 0.2) is 30.5 Å². The van der Waals surface area contributed by atoms with Crippen LogP contribution in [0.25, 0.3) is 0 Å². The molecule has 0 aliphatic heterocycles. The highest BCUT2D eigenvalue weighted by molar-refractivity contribution is 5.92. The molecular weight excluding hydrogens is 256 g/mol. The topological polar surface area (TPSA) is 93.9 Å². The number of benzene rings is 1. The summed E-state index contributed by atoms with van der Waals surface area (Å²) in [5, 5.41) is 13.0. The molecule has 0 spiro atoms. The molecular formula is C14H14N4O2. The van der Waals surface area contributed by atoms with Gasteiger partial charge in [-0.15, -0.1) is 0 Å². The maximum Gasteiger partial charge on any atom is 0.361 e. The van der Waals surface area contributed by atoms with Crippen molar-refractivity contribution in [3.63, 3.8) is 0 Å². The van der Waals surface area contributed by atoms with Crippen molar-refractivity contribution < 1.29 is 9.53 Å². The first-order valence-corrected chi connectivity index (χ1v) is 6.13. The average molecular weight is 270 g/mol. The highest BCUT2D eigenvalue weighted by atomic mass is 16.5. The number of anilines is 1. The van der Waals surface area contributed by atoms with Crippen molar-refractivity contribution in [3.05, 3.63) is 47.3 Å². The van der Waals surface area contributed by atoms with Crippen LogP contribution in [0.5, 0.6) is 0 Å². The lowest BCUT2D eigenvalue weighted by Gasteiger charge is -2.02. The molecule has 0 bridgehead atoms. The molecule has 2 N–H and O–H groups in total. The molecule has 0 atom stereocenters. The van der Waals surface area contributed by atoms with E-state index < -0.39 is 5.97 Å². The van der Waals surface area contributed by atoms with Crippen molar-refractivity contribution in [2.45, 2.75) is 13.5 Å². The van der Waals surface area contributed by atoms with Crippen molar-refractivity contribution >= 4 is 11.7 Å². The third kappa shape index (κ3) is 2.95. The Hall–Kier alpha value is -2.81. The summed E-state index contributed by atoms with van der Waals surface area (Å²) in [7, 11) is 0. The molecule has 0 aliphatic rings. The van der Waals surface area contributed by atoms with Crippen molar-refractivity contribution in [2.24, 2.45) is 0 Å². The maximum atomic E-state index is 11.6. The molecule has 102 valence electrons. The fraction of sp³-hybridized carbons (Fsp3) is 0.214. The fourth-order valence-corrected chi connectivity index (χ4v) is 1.80. The second kappa shape index (κ2) is 5.89. The summed E-state index contributed by atoms with van der Waals surface area (Å²) >= 11 is 0. The zero-order chi connectivity index (χ0) is 14.5. The molecule has 0 amide bonds. The predicted molar refractivity (Wildman–Crippen MR) is 72.9 cm³/mol. The summed E-state index contributed by atoms with van der Waals surface area (Å²) in [6.45, 7) is 2.42. The Bertz CT molecular complexity index is 670. The van der Waals surface area contributed by atoms with E-state index in [1.54, 1.807) is 36.0 Å². The van der Waals surface area contributed by atoms with E-state index in [2.05, 4.69) is 11.2 Å². The van der Waals surface area contributed by atoms with Crippen LogP contribution in [-0.4, -0.2) is 22.4 Å². The van der Waals surface area contributed by atoms with Gasteiger partial charge in [0.1, 0.15) is 0 Å². The van der Waals surface area contributed by atoms with Crippen molar-refractivity contribution in [1.82, 2.24) is 9.78 Å². The Labute approximate surface area is 116 Å². The molecule has 6 heteroatoms. The number of carbonyl (C=O) groups is 1. The maximum absolute atomic E-state index is 11.6. The molecule has 0 radical (unpaired) electrons. The van der Waals surface area contributed by atoms with Gasteiger partial charge in [0.15, 0.2) is 5.69 Å². The first-order valence-electron chi connectivity index (χ1n) is 6.13. The summed E-state index contributed by atoms with van der Waals surface area (Å²) in [6, 6.07) is 9.25. The normalized spacial score (nSPS) is 10.0. The molecule has 1 aromatic carbocycles. The van der Waals surface area contributed by atoms with Gasteiger partial charge in [-0.25, -0.2) is 4.79 Å². The van der Waals surface area contributed by atoms with Crippen molar-refractivity contribution in [3.8, 4) is 6.07 Å². The van der Waals surface area contributed by atoms with E-state index in [-0.39, 0.29) is 18.0 Å². The number of hydrogen-bond donors (Lipinski definition) is 1. The highest BCUT2D eigenvalue weighted by Crippen LogP contribution is 2.13. The van der Waals surface area contributed by atoms with Gasteiger partial charge in [0.25, 0.3) is 0 Å². The molecule has 6 nitrogen and oxygen atoms in total. The lowest BCUT2D eigenvalue weighted by molar-refractivity contribution is 0.0519. The zero-order valence-corrected chi connectivity index (χ0v) is 11.0. The third-order valence-electron chi connectivity index (χ3n) is 2.66. The van der Waals surface area contributed by atoms with E-state index in [4.69, 9.17) is 15.7 Å². The number of carbonyl (C=O) groups excluding carboxylic acids is 1. The molecule has 0 unspecified atom stereocenters. The van der Waals surface area contributed by atoms with Crippen LogP contribution in [0.3, 0.4) is 0 Å². The molecule has 2 rings (SSSR count). The minimum Gasteiger partial charge on any atom is -0.461 e. The first-order chi connectivity index (χ1) is 9.63. The van der Waals surface area contributed by atoms with Gasteiger partial charge < -0.3 is 10.5 Å². The Morgan fingerprint density at radius 2 is 2.35 bits per heavy atom. The van der Waals surface area contributed by atoms with Gasteiger partial charge in [-0.1, -0.05) is 12.1 Å². The highest BCUT2D eigenvalue weighted by Gasteiger charge is 2.15. The summed E-state index contributed by atoms with van der Waals surface area (Å²) in [5.74, 6) is -0.533. The summed E-state index contributed by atoms with van der Waals surface area (Å²) in [5.41, 5.74) is 7.62. The van der Waals surface area contributed by atoms with Crippen LogP contribution >= 0.6 is 0 Å². The fourth-order valence-electron chi connectivity index (χ4n) is 1.80. The SMILES string of the molecule is CCOC(=O)c1nn(Cc2cccc(C#N)c2)cc1N. The van der Waals surface area contributed by atoms with Crippen LogP contribution in [0.2, 0.25) is 0 Å². The van der Waals surface area contributed by atoms with Gasteiger partial charge >= 0.3 is 5.97 Å². The monoisotopic (exact) mass is 270 g/mol. The second-order valence-corrected chi connectivity index (χ2v) is 4.16. The van der Waals surface area contributed by atoms with Gasteiger partial charge in [0.2, 0.25) is 0 Å². The van der Waals surface area contributed by atoms with E-state index in [0.717, 1.165) is 5.56 Å². The van der Waals surface area contributed by atoms with Crippen LogP contribution < -0.4 is 5.73 Å². The lowest BCUT2D eigenvalue weighted by atomic mass is 10.1. The standard InChI is InChI=1S/C14H14N4O2/c1-2-20-14(19)13-12(16)9-18(17-13)8-11-5-3-4-10(6-11)7-15/h3-6,9H,2,8,16H2,1H3. The van der Waals surface area contributed by atoms with E-state index in [1.807, 2.05) is 6.07 Å². The smallest absolute Gasteiger partial charge is 0.361 e. The number of aromatic nitrogens is 2. The van der Waals surface area contributed by atoms with Gasteiger partial charge in [-0.3, -0.25) is 4.68 Å². The second-order valence-electron chi connectivity index (χ2n) is 4.16. The number of esters is 1. The Balaban J connectivity index is 2.20. The van der Waals surface area contributed by atoms with Crippen LogP contribution in [-0.2, 0) is 11.3 Å².